The first-order valence-electron chi connectivity index (χ1n) is 3.83. The molecular formula is C9H7ClN2O. The standard InChI is InChI=1S/C9H7ClN2O/c10-3-7-6(4-13)1-2-8-9(7)12-5-11-8/h1-2,4-5H,3H2,(H,11,12). The van der Waals surface area contributed by atoms with Crippen LogP contribution in [0.3, 0.4) is 0 Å². The second-order valence-electron chi connectivity index (χ2n) is 2.68. The number of fused-ring (bicyclic) bond motifs is 1. The van der Waals surface area contributed by atoms with Gasteiger partial charge in [-0.3, -0.25) is 4.79 Å². The number of benzene rings is 1. The quantitative estimate of drug-likeness (QED) is 0.588. The Morgan fingerprint density at radius 2 is 2.38 bits per heavy atom. The predicted octanol–water partition coefficient (Wildman–Crippen LogP) is 2.11. The highest BCUT2D eigenvalue weighted by Gasteiger charge is 2.07. The van der Waals surface area contributed by atoms with Crippen molar-refractivity contribution in [3.63, 3.8) is 0 Å². The maximum absolute atomic E-state index is 10.7. The summed E-state index contributed by atoms with van der Waals surface area (Å²) in [5, 5.41) is 0. The lowest BCUT2D eigenvalue weighted by Gasteiger charge is -2.00. The number of aromatic nitrogens is 2. The van der Waals surface area contributed by atoms with E-state index in [0.717, 1.165) is 22.9 Å². The van der Waals surface area contributed by atoms with Gasteiger partial charge in [0.2, 0.25) is 0 Å². The van der Waals surface area contributed by atoms with Gasteiger partial charge in [-0.05, 0) is 12.1 Å². The summed E-state index contributed by atoms with van der Waals surface area (Å²) >= 11 is 5.73. The average molecular weight is 195 g/mol. The highest BCUT2D eigenvalue weighted by Crippen LogP contribution is 2.19. The molecule has 1 aromatic carbocycles. The Kier molecular flexibility index (Phi) is 2.02. The number of H-pyrrole nitrogens is 1. The van der Waals surface area contributed by atoms with Gasteiger partial charge < -0.3 is 4.98 Å². The van der Waals surface area contributed by atoms with Gasteiger partial charge in [0.15, 0.2) is 0 Å². The molecule has 0 spiro atoms. The van der Waals surface area contributed by atoms with Crippen molar-refractivity contribution in [2.24, 2.45) is 0 Å². The third-order valence-electron chi connectivity index (χ3n) is 1.99. The number of halogens is 1. The number of imidazole rings is 1. The second-order valence-corrected chi connectivity index (χ2v) is 2.95. The summed E-state index contributed by atoms with van der Waals surface area (Å²) in [4.78, 5) is 17.7. The van der Waals surface area contributed by atoms with E-state index in [-0.39, 0.29) is 0 Å². The highest BCUT2D eigenvalue weighted by molar-refractivity contribution is 6.18. The van der Waals surface area contributed by atoms with Crippen molar-refractivity contribution in [3.8, 4) is 0 Å². The number of aromatic amines is 1. The highest BCUT2D eigenvalue weighted by atomic mass is 35.5. The molecule has 1 heterocycles. The summed E-state index contributed by atoms with van der Waals surface area (Å²) in [7, 11) is 0. The summed E-state index contributed by atoms with van der Waals surface area (Å²) in [6.07, 6.45) is 2.39. The molecule has 0 fully saturated rings. The van der Waals surface area contributed by atoms with E-state index in [1.165, 1.54) is 0 Å². The number of nitrogens with zero attached hydrogens (tertiary/aromatic N) is 1. The molecule has 0 radical (unpaired) electrons. The topological polar surface area (TPSA) is 45.8 Å². The molecule has 0 amide bonds. The van der Waals surface area contributed by atoms with Gasteiger partial charge in [0.25, 0.3) is 0 Å². The molecule has 0 aliphatic heterocycles. The van der Waals surface area contributed by atoms with E-state index in [1.807, 2.05) is 6.07 Å². The molecule has 4 heteroatoms. The van der Waals surface area contributed by atoms with Crippen molar-refractivity contribution in [2.45, 2.75) is 5.88 Å². The van der Waals surface area contributed by atoms with E-state index in [4.69, 9.17) is 11.6 Å². The number of rotatable bonds is 2. The third-order valence-corrected chi connectivity index (χ3v) is 2.26. The van der Waals surface area contributed by atoms with Crippen LogP contribution in [-0.2, 0) is 5.88 Å². The molecule has 0 bridgehead atoms. The molecule has 0 unspecified atom stereocenters. The number of carbonyl (C=O) groups is 1. The largest absolute Gasteiger partial charge is 0.345 e. The Morgan fingerprint density at radius 1 is 1.54 bits per heavy atom. The molecule has 0 aliphatic carbocycles. The molecule has 1 aromatic heterocycles. The van der Waals surface area contributed by atoms with Crippen molar-refractivity contribution < 1.29 is 4.79 Å². The van der Waals surface area contributed by atoms with Crippen LogP contribution in [0.25, 0.3) is 11.0 Å². The molecule has 0 saturated carbocycles. The predicted molar refractivity (Wildman–Crippen MR) is 51.0 cm³/mol. The van der Waals surface area contributed by atoms with E-state index in [9.17, 15) is 4.79 Å². The van der Waals surface area contributed by atoms with Crippen molar-refractivity contribution >= 4 is 28.9 Å². The third kappa shape index (κ3) is 1.21. The smallest absolute Gasteiger partial charge is 0.150 e. The Balaban J connectivity index is 2.81. The average Bonchev–Trinajstić information content (AvgIpc) is 2.63. The maximum atomic E-state index is 10.7. The summed E-state index contributed by atoms with van der Waals surface area (Å²) in [6.45, 7) is 0. The van der Waals surface area contributed by atoms with Crippen LogP contribution < -0.4 is 0 Å². The minimum atomic E-state index is 0.302. The van der Waals surface area contributed by atoms with Crippen LogP contribution in [0.1, 0.15) is 15.9 Å². The number of nitrogens with one attached hydrogen (secondary N) is 1. The molecule has 2 rings (SSSR count). The van der Waals surface area contributed by atoms with E-state index >= 15 is 0 Å². The zero-order valence-electron chi connectivity index (χ0n) is 6.75. The zero-order valence-corrected chi connectivity index (χ0v) is 7.51. The van der Waals surface area contributed by atoms with Gasteiger partial charge in [0.05, 0.1) is 23.2 Å². The minimum absolute atomic E-state index is 0.302. The van der Waals surface area contributed by atoms with Crippen LogP contribution in [0.4, 0.5) is 0 Å². The van der Waals surface area contributed by atoms with E-state index in [1.54, 1.807) is 12.4 Å². The van der Waals surface area contributed by atoms with Gasteiger partial charge in [-0.2, -0.15) is 0 Å². The van der Waals surface area contributed by atoms with Crippen LogP contribution >= 0.6 is 11.6 Å². The first-order valence-corrected chi connectivity index (χ1v) is 4.36. The summed E-state index contributed by atoms with van der Waals surface area (Å²) in [5.41, 5.74) is 3.07. The van der Waals surface area contributed by atoms with Gasteiger partial charge >= 0.3 is 0 Å². The van der Waals surface area contributed by atoms with E-state index < -0.39 is 0 Å². The van der Waals surface area contributed by atoms with E-state index in [0.29, 0.717) is 11.4 Å². The number of alkyl halides is 1. The number of hydrogen-bond acceptors (Lipinski definition) is 2. The molecule has 13 heavy (non-hydrogen) atoms. The van der Waals surface area contributed by atoms with Crippen LogP contribution in [0.15, 0.2) is 18.5 Å². The van der Waals surface area contributed by atoms with Gasteiger partial charge in [0, 0.05) is 11.1 Å². The van der Waals surface area contributed by atoms with Gasteiger partial charge in [-0.1, -0.05) is 0 Å². The van der Waals surface area contributed by atoms with Crippen LogP contribution in [-0.4, -0.2) is 16.3 Å². The fourth-order valence-corrected chi connectivity index (χ4v) is 1.61. The number of carbonyl (C=O) groups excluding carboxylic acids is 1. The Hall–Kier alpha value is -1.35. The van der Waals surface area contributed by atoms with E-state index in [2.05, 4.69) is 9.97 Å². The van der Waals surface area contributed by atoms with Crippen LogP contribution in [0.5, 0.6) is 0 Å². The maximum Gasteiger partial charge on any atom is 0.150 e. The number of aldehydes is 1. The molecule has 0 aliphatic rings. The summed E-state index contributed by atoms with van der Waals surface area (Å²) in [6, 6.07) is 3.56. The van der Waals surface area contributed by atoms with Gasteiger partial charge in [-0.15, -0.1) is 11.6 Å². The summed E-state index contributed by atoms with van der Waals surface area (Å²) in [5.74, 6) is 0.302. The molecule has 3 nitrogen and oxygen atoms in total. The fraction of sp³-hybridized carbons (Fsp3) is 0.111. The first-order chi connectivity index (χ1) is 6.36. The molecule has 1 N–H and O–H groups in total. The SMILES string of the molecule is O=Cc1ccc2[nH]cnc2c1CCl. The van der Waals surface area contributed by atoms with Crippen molar-refractivity contribution in [1.29, 1.82) is 0 Å². The molecular weight excluding hydrogens is 188 g/mol. The summed E-state index contributed by atoms with van der Waals surface area (Å²) < 4.78 is 0. The second kappa shape index (κ2) is 3.18. The fourth-order valence-electron chi connectivity index (χ4n) is 1.33. The molecule has 0 saturated heterocycles. The van der Waals surface area contributed by atoms with Gasteiger partial charge in [-0.25, -0.2) is 4.98 Å². The first kappa shape index (κ1) is 8.26. The normalized spacial score (nSPS) is 10.5. The lowest BCUT2D eigenvalue weighted by molar-refractivity contribution is 0.112. The molecule has 0 atom stereocenters. The Bertz CT molecular complexity index is 450. The molecule has 66 valence electrons. The van der Waals surface area contributed by atoms with Crippen molar-refractivity contribution in [3.05, 3.63) is 29.6 Å². The monoisotopic (exact) mass is 194 g/mol. The minimum Gasteiger partial charge on any atom is -0.345 e. The Labute approximate surface area is 79.7 Å². The zero-order chi connectivity index (χ0) is 9.26. The van der Waals surface area contributed by atoms with Crippen molar-refractivity contribution in [2.75, 3.05) is 0 Å². The van der Waals surface area contributed by atoms with Crippen molar-refractivity contribution in [1.82, 2.24) is 9.97 Å². The molecule has 2 aromatic rings. The van der Waals surface area contributed by atoms with Crippen LogP contribution in [0.2, 0.25) is 0 Å². The van der Waals surface area contributed by atoms with Gasteiger partial charge in [0.1, 0.15) is 6.29 Å². The number of hydrogen-bond donors (Lipinski definition) is 1. The lowest BCUT2D eigenvalue weighted by Crippen LogP contribution is -1.90. The lowest BCUT2D eigenvalue weighted by atomic mass is 10.1. The van der Waals surface area contributed by atoms with Crippen LogP contribution in [0, 0.1) is 0 Å². The Morgan fingerprint density at radius 3 is 3.08 bits per heavy atom.